The van der Waals surface area contributed by atoms with Gasteiger partial charge < -0.3 is 9.30 Å². The zero-order valence-corrected chi connectivity index (χ0v) is 14.4. The first-order valence-corrected chi connectivity index (χ1v) is 8.87. The Bertz CT molecular complexity index is 680. The van der Waals surface area contributed by atoms with Crippen molar-refractivity contribution >= 4 is 16.9 Å². The van der Waals surface area contributed by atoms with E-state index in [2.05, 4.69) is 38.1 Å². The first-order chi connectivity index (χ1) is 11.1. The SMILES string of the molecule is CC(C)c1ccc2c(ccn2C(C)C(=O)OC2CCCCC2)c1. The van der Waals surface area contributed by atoms with Gasteiger partial charge in [-0.25, -0.2) is 4.79 Å². The molecule has 1 aliphatic carbocycles. The number of ether oxygens (including phenoxy) is 1. The molecule has 0 N–H and O–H groups in total. The zero-order valence-electron chi connectivity index (χ0n) is 14.4. The van der Waals surface area contributed by atoms with Crippen LogP contribution in [0, 0.1) is 0 Å². The molecule has 1 saturated carbocycles. The lowest BCUT2D eigenvalue weighted by molar-refractivity contribution is -0.153. The minimum Gasteiger partial charge on any atom is -0.461 e. The molecule has 1 aromatic carbocycles. The van der Waals surface area contributed by atoms with Crippen molar-refractivity contribution in [2.45, 2.75) is 70.9 Å². The second kappa shape index (κ2) is 6.77. The van der Waals surface area contributed by atoms with Crippen LogP contribution in [0.3, 0.4) is 0 Å². The number of rotatable bonds is 4. The molecular formula is C20H27NO2. The number of hydrogen-bond donors (Lipinski definition) is 0. The first kappa shape index (κ1) is 16.1. The summed E-state index contributed by atoms with van der Waals surface area (Å²) >= 11 is 0. The van der Waals surface area contributed by atoms with E-state index in [-0.39, 0.29) is 18.1 Å². The van der Waals surface area contributed by atoms with E-state index in [9.17, 15) is 4.79 Å². The van der Waals surface area contributed by atoms with Crippen molar-refractivity contribution in [1.82, 2.24) is 4.57 Å². The molecule has 1 aliphatic rings. The highest BCUT2D eigenvalue weighted by Gasteiger charge is 2.23. The van der Waals surface area contributed by atoms with Gasteiger partial charge in [-0.2, -0.15) is 0 Å². The van der Waals surface area contributed by atoms with E-state index in [1.165, 1.54) is 30.2 Å². The van der Waals surface area contributed by atoms with Gasteiger partial charge in [-0.15, -0.1) is 0 Å². The molecule has 0 spiro atoms. The number of carbonyl (C=O) groups excluding carboxylic acids is 1. The second-order valence-electron chi connectivity index (χ2n) is 7.07. The van der Waals surface area contributed by atoms with Gasteiger partial charge in [0.1, 0.15) is 12.1 Å². The summed E-state index contributed by atoms with van der Waals surface area (Å²) in [5.74, 6) is 0.402. The summed E-state index contributed by atoms with van der Waals surface area (Å²) in [5, 5.41) is 1.19. The summed E-state index contributed by atoms with van der Waals surface area (Å²) in [7, 11) is 0. The predicted octanol–water partition coefficient (Wildman–Crippen LogP) is 5.20. The molecule has 0 radical (unpaired) electrons. The molecule has 3 heteroatoms. The number of esters is 1. The summed E-state index contributed by atoms with van der Waals surface area (Å²) in [6.45, 7) is 6.33. The molecule has 1 heterocycles. The Morgan fingerprint density at radius 1 is 1.13 bits per heavy atom. The number of fused-ring (bicyclic) bond motifs is 1. The van der Waals surface area contributed by atoms with Gasteiger partial charge in [-0.3, -0.25) is 0 Å². The second-order valence-corrected chi connectivity index (χ2v) is 7.07. The lowest BCUT2D eigenvalue weighted by Crippen LogP contribution is -2.26. The molecule has 0 amide bonds. The molecule has 0 bridgehead atoms. The first-order valence-electron chi connectivity index (χ1n) is 8.87. The van der Waals surface area contributed by atoms with Crippen LogP contribution < -0.4 is 0 Å². The van der Waals surface area contributed by atoms with E-state index in [4.69, 9.17) is 4.74 Å². The minimum atomic E-state index is -0.278. The Balaban J connectivity index is 1.77. The highest BCUT2D eigenvalue weighted by atomic mass is 16.5. The number of hydrogen-bond acceptors (Lipinski definition) is 2. The molecule has 3 nitrogen and oxygen atoms in total. The largest absolute Gasteiger partial charge is 0.461 e. The van der Waals surface area contributed by atoms with Crippen LogP contribution in [0.25, 0.3) is 10.9 Å². The van der Waals surface area contributed by atoms with E-state index in [1.807, 2.05) is 17.7 Å². The molecule has 1 unspecified atom stereocenters. The highest BCUT2D eigenvalue weighted by Crippen LogP contribution is 2.27. The van der Waals surface area contributed by atoms with Gasteiger partial charge in [0.05, 0.1) is 0 Å². The van der Waals surface area contributed by atoms with E-state index in [1.54, 1.807) is 0 Å². The van der Waals surface area contributed by atoms with Gasteiger partial charge in [0.15, 0.2) is 0 Å². The third-order valence-corrected chi connectivity index (χ3v) is 5.00. The van der Waals surface area contributed by atoms with Crippen molar-refractivity contribution in [1.29, 1.82) is 0 Å². The number of benzene rings is 1. The summed E-state index contributed by atoms with van der Waals surface area (Å²) in [6, 6.07) is 8.30. The monoisotopic (exact) mass is 313 g/mol. The topological polar surface area (TPSA) is 31.2 Å². The molecule has 3 rings (SSSR count). The van der Waals surface area contributed by atoms with Crippen LogP contribution in [-0.2, 0) is 9.53 Å². The molecular weight excluding hydrogens is 286 g/mol. The van der Waals surface area contributed by atoms with Crippen LogP contribution >= 0.6 is 0 Å². The van der Waals surface area contributed by atoms with Crippen molar-refractivity contribution in [3.8, 4) is 0 Å². The standard InChI is InChI=1S/C20H27NO2/c1-14(2)16-9-10-19-17(13-16)11-12-21(19)15(3)20(22)23-18-7-5-4-6-8-18/h9-15,18H,4-8H2,1-3H3. The van der Waals surface area contributed by atoms with E-state index in [0.717, 1.165) is 18.4 Å². The quantitative estimate of drug-likeness (QED) is 0.726. The van der Waals surface area contributed by atoms with E-state index in [0.29, 0.717) is 5.92 Å². The highest BCUT2D eigenvalue weighted by molar-refractivity contribution is 5.84. The van der Waals surface area contributed by atoms with Crippen LogP contribution in [0.1, 0.15) is 70.4 Å². The summed E-state index contributed by atoms with van der Waals surface area (Å²) < 4.78 is 7.76. The maximum Gasteiger partial charge on any atom is 0.329 e. The Morgan fingerprint density at radius 2 is 1.87 bits per heavy atom. The van der Waals surface area contributed by atoms with E-state index >= 15 is 0 Å². The van der Waals surface area contributed by atoms with Crippen molar-refractivity contribution in [2.75, 3.05) is 0 Å². The summed E-state index contributed by atoms with van der Waals surface area (Å²) in [5.41, 5.74) is 2.43. The predicted molar refractivity (Wildman–Crippen MR) is 93.7 cm³/mol. The van der Waals surface area contributed by atoms with Crippen molar-refractivity contribution in [3.63, 3.8) is 0 Å². The van der Waals surface area contributed by atoms with Crippen LogP contribution in [-0.4, -0.2) is 16.6 Å². The van der Waals surface area contributed by atoms with Crippen molar-refractivity contribution in [3.05, 3.63) is 36.0 Å². The molecule has 0 aliphatic heterocycles. The maximum atomic E-state index is 12.5. The Kier molecular flexibility index (Phi) is 4.74. The fourth-order valence-electron chi connectivity index (χ4n) is 3.44. The molecule has 1 aromatic heterocycles. The van der Waals surface area contributed by atoms with Crippen LogP contribution in [0.15, 0.2) is 30.5 Å². The Morgan fingerprint density at radius 3 is 2.57 bits per heavy atom. The zero-order chi connectivity index (χ0) is 16.4. The van der Waals surface area contributed by atoms with Gasteiger partial charge in [-0.1, -0.05) is 26.3 Å². The van der Waals surface area contributed by atoms with Crippen LogP contribution in [0.2, 0.25) is 0 Å². The average molecular weight is 313 g/mol. The van der Waals surface area contributed by atoms with Gasteiger partial charge >= 0.3 is 5.97 Å². The van der Waals surface area contributed by atoms with Crippen LogP contribution in [0.5, 0.6) is 0 Å². The fourth-order valence-corrected chi connectivity index (χ4v) is 3.44. The lowest BCUT2D eigenvalue weighted by atomic mass is 9.98. The molecule has 1 atom stereocenters. The third-order valence-electron chi connectivity index (χ3n) is 5.00. The molecule has 2 aromatic rings. The molecule has 1 fully saturated rings. The Hall–Kier alpha value is -1.77. The van der Waals surface area contributed by atoms with Gasteiger partial charge in [-0.05, 0) is 67.7 Å². The van der Waals surface area contributed by atoms with Gasteiger partial charge in [0, 0.05) is 11.7 Å². The fraction of sp³-hybridized carbons (Fsp3) is 0.550. The summed E-state index contributed by atoms with van der Waals surface area (Å²) in [4.78, 5) is 12.5. The molecule has 23 heavy (non-hydrogen) atoms. The number of aromatic nitrogens is 1. The molecule has 124 valence electrons. The smallest absolute Gasteiger partial charge is 0.329 e. The van der Waals surface area contributed by atoms with Crippen molar-refractivity contribution < 1.29 is 9.53 Å². The lowest BCUT2D eigenvalue weighted by Gasteiger charge is -2.24. The minimum absolute atomic E-state index is 0.109. The number of carbonyl (C=O) groups is 1. The average Bonchev–Trinajstić information content (AvgIpc) is 2.98. The third kappa shape index (κ3) is 3.44. The van der Waals surface area contributed by atoms with E-state index < -0.39 is 0 Å². The maximum absolute atomic E-state index is 12.5. The van der Waals surface area contributed by atoms with Gasteiger partial charge in [0.2, 0.25) is 0 Å². The van der Waals surface area contributed by atoms with Crippen LogP contribution in [0.4, 0.5) is 0 Å². The summed E-state index contributed by atoms with van der Waals surface area (Å²) in [6.07, 6.45) is 7.78. The van der Waals surface area contributed by atoms with Gasteiger partial charge in [0.25, 0.3) is 0 Å². The molecule has 0 saturated heterocycles. The Labute approximate surface area is 138 Å². The number of nitrogens with zero attached hydrogens (tertiary/aromatic N) is 1. The normalized spacial score (nSPS) is 17.6. The van der Waals surface area contributed by atoms with Crippen molar-refractivity contribution in [2.24, 2.45) is 0 Å².